The first-order valence-corrected chi connectivity index (χ1v) is 3.62. The van der Waals surface area contributed by atoms with E-state index in [2.05, 4.69) is 11.6 Å². The van der Waals surface area contributed by atoms with Crippen LogP contribution >= 0.6 is 11.9 Å². The summed E-state index contributed by atoms with van der Waals surface area (Å²) in [6.45, 7) is 4.11. The smallest absolute Gasteiger partial charge is 0.0821 e. The Morgan fingerprint density at radius 3 is 2.90 bits per heavy atom. The third kappa shape index (κ3) is 5.40. The molecule has 0 spiro atoms. The van der Waals surface area contributed by atoms with Crippen LogP contribution in [-0.4, -0.2) is 12.8 Å². The molecule has 4 N–H and O–H groups in total. The molecule has 0 amide bonds. The van der Waals surface area contributed by atoms with E-state index in [0.717, 1.165) is 11.9 Å². The average Bonchev–Trinajstić information content (AvgIpc) is 1.98. The van der Waals surface area contributed by atoms with Crippen LogP contribution in [-0.2, 0) is 0 Å². The Morgan fingerprint density at radius 2 is 2.40 bits per heavy atom. The summed E-state index contributed by atoms with van der Waals surface area (Å²) in [6, 6.07) is 0. The lowest BCUT2D eigenvalue weighted by Gasteiger charge is -1.87. The molecule has 0 aliphatic rings. The van der Waals surface area contributed by atoms with Crippen molar-refractivity contribution in [2.24, 2.45) is 15.9 Å². The Kier molecular flexibility index (Phi) is 5.91. The van der Waals surface area contributed by atoms with E-state index < -0.39 is 0 Å². The van der Waals surface area contributed by atoms with Gasteiger partial charge in [0, 0.05) is 6.21 Å². The van der Waals surface area contributed by atoms with Crippen molar-refractivity contribution in [1.29, 1.82) is 0 Å². The Bertz CT molecular complexity index is 151. The maximum Gasteiger partial charge on any atom is 0.0821 e. The second-order valence-corrected chi connectivity index (χ2v) is 2.20. The zero-order valence-corrected chi connectivity index (χ0v) is 6.47. The van der Waals surface area contributed by atoms with Crippen molar-refractivity contribution in [3.8, 4) is 0 Å². The van der Waals surface area contributed by atoms with Crippen molar-refractivity contribution in [2.75, 3.05) is 6.54 Å². The Balaban J connectivity index is 3.58. The molecule has 0 rings (SSSR count). The molecule has 0 aliphatic carbocycles. The summed E-state index contributed by atoms with van der Waals surface area (Å²) < 4.78 is 0. The first-order chi connectivity index (χ1) is 4.81. The number of rotatable bonds is 4. The lowest BCUT2D eigenvalue weighted by molar-refractivity contribution is 1.27. The normalized spacial score (nSPS) is 12.3. The number of hydrogen-bond acceptors (Lipinski definition) is 4. The summed E-state index contributed by atoms with van der Waals surface area (Å²) in [5, 5.41) is 5.68. The van der Waals surface area contributed by atoms with Crippen molar-refractivity contribution in [2.45, 2.75) is 0 Å². The molecule has 0 aliphatic heterocycles. The molecular formula is C6H11N3S. The van der Waals surface area contributed by atoms with E-state index in [-0.39, 0.29) is 0 Å². The average molecular weight is 157 g/mol. The summed E-state index contributed by atoms with van der Waals surface area (Å²) in [5.41, 5.74) is 5.34. The molecule has 0 aromatic heterocycles. The van der Waals surface area contributed by atoms with Crippen molar-refractivity contribution in [3.05, 3.63) is 23.8 Å². The van der Waals surface area contributed by atoms with Gasteiger partial charge in [-0.25, -0.2) is 0 Å². The number of nitrogens with zero attached hydrogens (tertiary/aromatic N) is 1. The summed E-state index contributed by atoms with van der Waals surface area (Å²) >= 11 is 1.00. The van der Waals surface area contributed by atoms with E-state index in [9.17, 15) is 0 Å². The summed E-state index contributed by atoms with van der Waals surface area (Å²) in [4.78, 5) is 3.91. The van der Waals surface area contributed by atoms with E-state index in [0.29, 0.717) is 11.6 Å². The monoisotopic (exact) mass is 157 g/mol. The fourth-order valence-corrected chi connectivity index (χ4v) is 0.440. The third-order valence-electron chi connectivity index (χ3n) is 0.715. The van der Waals surface area contributed by atoms with Gasteiger partial charge in [-0.05, 0) is 18.0 Å². The predicted molar refractivity (Wildman–Crippen MR) is 47.6 cm³/mol. The molecule has 56 valence electrons. The summed E-state index contributed by atoms with van der Waals surface area (Å²) in [6.07, 6.45) is 4.96. The van der Waals surface area contributed by atoms with Gasteiger partial charge in [-0.1, -0.05) is 6.08 Å². The van der Waals surface area contributed by atoms with Crippen molar-refractivity contribution in [1.82, 2.24) is 0 Å². The largest absolute Gasteiger partial charge is 0.392 e. The molecular weight excluding hydrogens is 146 g/mol. The lowest BCUT2D eigenvalue weighted by Crippen LogP contribution is -1.95. The van der Waals surface area contributed by atoms with E-state index in [1.165, 1.54) is 0 Å². The number of aliphatic imine (C=N–C) groups is 1. The van der Waals surface area contributed by atoms with Crippen LogP contribution in [0.5, 0.6) is 0 Å². The maximum absolute atomic E-state index is 5.34. The molecule has 0 heterocycles. The van der Waals surface area contributed by atoms with Gasteiger partial charge < -0.3 is 5.73 Å². The Morgan fingerprint density at radius 1 is 1.70 bits per heavy atom. The molecule has 0 unspecified atom stereocenters. The van der Waals surface area contributed by atoms with E-state index >= 15 is 0 Å². The van der Waals surface area contributed by atoms with Gasteiger partial charge in [0.1, 0.15) is 0 Å². The number of nitrogens with two attached hydrogens (primary N) is 2. The fourth-order valence-electron chi connectivity index (χ4n) is 0.301. The summed E-state index contributed by atoms with van der Waals surface area (Å²) in [7, 11) is 0. The van der Waals surface area contributed by atoms with Crippen LogP contribution in [0.15, 0.2) is 28.8 Å². The quantitative estimate of drug-likeness (QED) is 0.358. The molecule has 0 saturated heterocycles. The zero-order chi connectivity index (χ0) is 7.82. The first kappa shape index (κ1) is 9.26. The summed E-state index contributed by atoms with van der Waals surface area (Å²) in [5.74, 6) is 0. The van der Waals surface area contributed by atoms with E-state index in [1.807, 2.05) is 0 Å². The number of allylic oxidation sites excluding steroid dienone is 1. The predicted octanol–water partition coefficient (Wildman–Crippen LogP) is 0.650. The second-order valence-electron chi connectivity index (χ2n) is 1.49. The topological polar surface area (TPSA) is 64.4 Å². The van der Waals surface area contributed by atoms with E-state index in [4.69, 9.17) is 10.9 Å². The lowest BCUT2D eigenvalue weighted by atomic mass is 10.6. The van der Waals surface area contributed by atoms with Crippen LogP contribution < -0.4 is 10.9 Å². The van der Waals surface area contributed by atoms with Crippen LogP contribution in [0, 0.1) is 0 Å². The van der Waals surface area contributed by atoms with Crippen LogP contribution in [0.2, 0.25) is 0 Å². The highest BCUT2D eigenvalue weighted by molar-refractivity contribution is 8.00. The Hall–Kier alpha value is -0.740. The maximum atomic E-state index is 5.34. The van der Waals surface area contributed by atoms with Gasteiger partial charge in [0.2, 0.25) is 0 Å². The van der Waals surface area contributed by atoms with E-state index in [1.54, 1.807) is 18.4 Å². The van der Waals surface area contributed by atoms with Crippen molar-refractivity contribution < 1.29 is 0 Å². The molecule has 4 heteroatoms. The van der Waals surface area contributed by atoms with Gasteiger partial charge in [0.25, 0.3) is 0 Å². The van der Waals surface area contributed by atoms with Crippen LogP contribution in [0.25, 0.3) is 0 Å². The molecule has 3 nitrogen and oxygen atoms in total. The molecule has 0 aromatic rings. The minimum absolute atomic E-state index is 0.549. The number of hydrogen-bond donors (Lipinski definition) is 2. The van der Waals surface area contributed by atoms with Crippen LogP contribution in [0.1, 0.15) is 0 Å². The minimum atomic E-state index is 0.549. The van der Waals surface area contributed by atoms with Gasteiger partial charge in [-0.2, -0.15) is 0 Å². The third-order valence-corrected chi connectivity index (χ3v) is 1.12. The van der Waals surface area contributed by atoms with Gasteiger partial charge in [0.15, 0.2) is 0 Å². The van der Waals surface area contributed by atoms with Gasteiger partial charge in [-0.15, -0.1) is 6.58 Å². The highest BCUT2D eigenvalue weighted by Crippen LogP contribution is 1.95. The molecule has 10 heavy (non-hydrogen) atoms. The fraction of sp³-hybridized carbons (Fsp3) is 0.167. The first-order valence-electron chi connectivity index (χ1n) is 2.74. The van der Waals surface area contributed by atoms with Gasteiger partial charge in [-0.3, -0.25) is 10.1 Å². The molecule has 0 radical (unpaired) electrons. The zero-order valence-electron chi connectivity index (χ0n) is 5.66. The highest BCUT2D eigenvalue weighted by Gasteiger charge is 1.78. The highest BCUT2D eigenvalue weighted by atomic mass is 32.2. The Labute approximate surface area is 65.0 Å². The molecule has 0 saturated carbocycles. The molecule has 0 aromatic carbocycles. The minimum Gasteiger partial charge on any atom is -0.392 e. The molecule has 0 fully saturated rings. The van der Waals surface area contributed by atoms with Gasteiger partial charge >= 0.3 is 0 Å². The van der Waals surface area contributed by atoms with Crippen LogP contribution in [0.4, 0.5) is 0 Å². The SMILES string of the molecule is C=CCN=CC=C(N)SN. The molecule has 0 bridgehead atoms. The second kappa shape index (κ2) is 6.38. The van der Waals surface area contributed by atoms with Crippen molar-refractivity contribution >= 4 is 18.2 Å². The standard InChI is InChI=1S/C6H11N3S/c1-2-4-9-5-3-6(7)10-8/h2-3,5H,1,4,7-8H2. The molecule has 0 atom stereocenters. The van der Waals surface area contributed by atoms with Gasteiger partial charge in [0.05, 0.1) is 11.6 Å². The van der Waals surface area contributed by atoms with Crippen LogP contribution in [0.3, 0.4) is 0 Å². The van der Waals surface area contributed by atoms with Crippen molar-refractivity contribution in [3.63, 3.8) is 0 Å².